The number of allylic oxidation sites excluding steroid dienone is 1. The SMILES string of the molecule is CCCC1=C(c2c(OCc3cc(C)cc(C)c3)ccc3ccccc23)c2ccccc2C1. The van der Waals surface area contributed by atoms with Crippen molar-refractivity contribution in [3.8, 4) is 5.75 Å². The third-order valence-electron chi connectivity index (χ3n) is 6.41. The van der Waals surface area contributed by atoms with Crippen molar-refractivity contribution < 1.29 is 4.74 Å². The molecule has 1 heteroatoms. The molecule has 1 nitrogen and oxygen atoms in total. The summed E-state index contributed by atoms with van der Waals surface area (Å²) in [6, 6.07) is 28.6. The maximum atomic E-state index is 6.56. The second-order valence-electron chi connectivity index (χ2n) is 9.01. The van der Waals surface area contributed by atoms with Crippen LogP contribution >= 0.6 is 0 Å². The Hall–Kier alpha value is -3.32. The van der Waals surface area contributed by atoms with Crippen molar-refractivity contribution in [1.29, 1.82) is 0 Å². The molecule has 0 N–H and O–H groups in total. The second kappa shape index (κ2) is 8.67. The predicted molar refractivity (Wildman–Crippen MR) is 135 cm³/mol. The van der Waals surface area contributed by atoms with Gasteiger partial charge >= 0.3 is 0 Å². The fraction of sp³-hybridized carbons (Fsp3) is 0.226. The van der Waals surface area contributed by atoms with Crippen molar-refractivity contribution in [2.24, 2.45) is 0 Å². The monoisotopic (exact) mass is 418 g/mol. The Kier molecular flexibility index (Phi) is 5.57. The van der Waals surface area contributed by atoms with E-state index in [1.807, 2.05) is 0 Å². The number of ether oxygens (including phenoxy) is 1. The summed E-state index contributed by atoms with van der Waals surface area (Å²) in [6.45, 7) is 7.14. The Morgan fingerprint density at radius 2 is 1.56 bits per heavy atom. The number of rotatable bonds is 6. The van der Waals surface area contributed by atoms with Crippen molar-refractivity contribution in [3.63, 3.8) is 0 Å². The van der Waals surface area contributed by atoms with E-state index in [-0.39, 0.29) is 0 Å². The summed E-state index contributed by atoms with van der Waals surface area (Å²) >= 11 is 0. The quantitative estimate of drug-likeness (QED) is 0.307. The summed E-state index contributed by atoms with van der Waals surface area (Å²) < 4.78 is 6.56. The van der Waals surface area contributed by atoms with Crippen LogP contribution in [0, 0.1) is 13.8 Å². The van der Waals surface area contributed by atoms with Crippen LogP contribution in [0.15, 0.2) is 84.4 Å². The molecule has 0 bridgehead atoms. The zero-order chi connectivity index (χ0) is 22.1. The van der Waals surface area contributed by atoms with E-state index in [2.05, 4.69) is 99.6 Å². The largest absolute Gasteiger partial charge is 0.488 e. The summed E-state index contributed by atoms with van der Waals surface area (Å²) in [7, 11) is 0. The van der Waals surface area contributed by atoms with Gasteiger partial charge in [-0.1, -0.05) is 103 Å². The second-order valence-corrected chi connectivity index (χ2v) is 9.01. The van der Waals surface area contributed by atoms with Gasteiger partial charge in [-0.2, -0.15) is 0 Å². The van der Waals surface area contributed by atoms with Gasteiger partial charge in [-0.25, -0.2) is 0 Å². The molecule has 0 saturated carbocycles. The first-order chi connectivity index (χ1) is 15.6. The van der Waals surface area contributed by atoms with Gasteiger partial charge in [0.05, 0.1) is 0 Å². The highest BCUT2D eigenvalue weighted by Crippen LogP contribution is 2.45. The Morgan fingerprint density at radius 1 is 0.812 bits per heavy atom. The van der Waals surface area contributed by atoms with E-state index in [0.717, 1.165) is 25.0 Å². The minimum atomic E-state index is 0.575. The summed E-state index contributed by atoms with van der Waals surface area (Å²) in [4.78, 5) is 0. The topological polar surface area (TPSA) is 9.23 Å². The number of aryl methyl sites for hydroxylation is 2. The van der Waals surface area contributed by atoms with Crippen LogP contribution in [0.4, 0.5) is 0 Å². The molecule has 1 aliphatic carbocycles. The van der Waals surface area contributed by atoms with Crippen molar-refractivity contribution in [2.75, 3.05) is 0 Å². The molecule has 160 valence electrons. The van der Waals surface area contributed by atoms with Crippen LogP contribution in [0.2, 0.25) is 0 Å². The van der Waals surface area contributed by atoms with Crippen LogP contribution < -0.4 is 4.74 Å². The first-order valence-corrected chi connectivity index (χ1v) is 11.7. The molecule has 0 heterocycles. The van der Waals surface area contributed by atoms with Crippen LogP contribution in [0.3, 0.4) is 0 Å². The van der Waals surface area contributed by atoms with Gasteiger partial charge in [0.25, 0.3) is 0 Å². The Labute approximate surface area is 191 Å². The zero-order valence-electron chi connectivity index (χ0n) is 19.2. The van der Waals surface area contributed by atoms with Crippen molar-refractivity contribution in [2.45, 2.75) is 46.6 Å². The molecule has 1 aliphatic rings. The summed E-state index contributed by atoms with van der Waals surface area (Å²) in [5.41, 5.74) is 10.7. The van der Waals surface area contributed by atoms with Crippen LogP contribution in [0.25, 0.3) is 16.3 Å². The van der Waals surface area contributed by atoms with Crippen molar-refractivity contribution >= 4 is 16.3 Å². The Bertz CT molecular complexity index is 1310. The lowest BCUT2D eigenvalue weighted by Gasteiger charge is -2.18. The fourth-order valence-electron chi connectivity index (χ4n) is 5.20. The molecular formula is C31H30O. The molecule has 4 aromatic carbocycles. The number of hydrogen-bond donors (Lipinski definition) is 0. The van der Waals surface area contributed by atoms with Gasteiger partial charge in [-0.15, -0.1) is 0 Å². The Balaban J connectivity index is 1.66. The molecule has 0 atom stereocenters. The molecule has 0 aliphatic heterocycles. The van der Waals surface area contributed by atoms with Crippen molar-refractivity contribution in [1.82, 2.24) is 0 Å². The first kappa shape index (κ1) is 20.6. The van der Waals surface area contributed by atoms with Gasteiger partial charge in [0.1, 0.15) is 12.4 Å². The van der Waals surface area contributed by atoms with Gasteiger partial charge in [0.15, 0.2) is 0 Å². The molecule has 5 rings (SSSR count). The van der Waals surface area contributed by atoms with E-state index < -0.39 is 0 Å². The Morgan fingerprint density at radius 3 is 2.38 bits per heavy atom. The summed E-state index contributed by atoms with van der Waals surface area (Å²) in [5, 5.41) is 2.53. The summed E-state index contributed by atoms with van der Waals surface area (Å²) in [6.07, 6.45) is 3.30. The average molecular weight is 419 g/mol. The molecule has 0 fully saturated rings. The van der Waals surface area contributed by atoms with E-state index >= 15 is 0 Å². The number of fused-ring (bicyclic) bond motifs is 2. The fourth-order valence-corrected chi connectivity index (χ4v) is 5.20. The lowest BCUT2D eigenvalue weighted by molar-refractivity contribution is 0.305. The lowest BCUT2D eigenvalue weighted by atomic mass is 9.91. The highest BCUT2D eigenvalue weighted by Gasteiger charge is 2.25. The van der Waals surface area contributed by atoms with Gasteiger partial charge < -0.3 is 4.74 Å². The highest BCUT2D eigenvalue weighted by molar-refractivity contribution is 6.02. The third-order valence-corrected chi connectivity index (χ3v) is 6.41. The average Bonchev–Trinajstić information content (AvgIpc) is 3.14. The van der Waals surface area contributed by atoms with Crippen LogP contribution in [0.5, 0.6) is 5.75 Å². The van der Waals surface area contributed by atoms with E-state index in [1.54, 1.807) is 0 Å². The molecule has 4 aromatic rings. The molecule has 0 aromatic heterocycles. The van der Waals surface area contributed by atoms with Crippen molar-refractivity contribution in [3.05, 3.63) is 118 Å². The van der Waals surface area contributed by atoms with Crippen LogP contribution in [-0.2, 0) is 13.0 Å². The van der Waals surface area contributed by atoms with Gasteiger partial charge in [0, 0.05) is 5.56 Å². The minimum absolute atomic E-state index is 0.575. The molecule has 32 heavy (non-hydrogen) atoms. The van der Waals surface area contributed by atoms with Gasteiger partial charge in [0.2, 0.25) is 0 Å². The molecular weight excluding hydrogens is 388 g/mol. The van der Waals surface area contributed by atoms with E-state index in [9.17, 15) is 0 Å². The van der Waals surface area contributed by atoms with Gasteiger partial charge in [-0.05, 0) is 65.8 Å². The molecule has 0 saturated heterocycles. The number of hydrogen-bond acceptors (Lipinski definition) is 1. The molecule has 0 unspecified atom stereocenters. The summed E-state index contributed by atoms with van der Waals surface area (Å²) in [5.74, 6) is 0.975. The standard InChI is InChI=1S/C31H30O/c1-4-9-26-19-25-11-6-8-13-28(25)30(26)31-27-12-7-5-10-24(27)14-15-29(31)32-20-23-17-21(2)16-22(3)18-23/h5-8,10-18H,4,9,19-20H2,1-3H3. The molecule has 0 radical (unpaired) electrons. The minimum Gasteiger partial charge on any atom is -0.488 e. The van der Waals surface area contributed by atoms with Crippen LogP contribution in [0.1, 0.15) is 53.1 Å². The smallest absolute Gasteiger partial charge is 0.128 e. The zero-order valence-corrected chi connectivity index (χ0v) is 19.2. The lowest BCUT2D eigenvalue weighted by Crippen LogP contribution is -2.01. The maximum absolute atomic E-state index is 6.56. The molecule has 0 amide bonds. The first-order valence-electron chi connectivity index (χ1n) is 11.7. The third kappa shape index (κ3) is 3.84. The maximum Gasteiger partial charge on any atom is 0.128 e. The van der Waals surface area contributed by atoms with E-state index in [0.29, 0.717) is 6.61 Å². The molecule has 0 spiro atoms. The van der Waals surface area contributed by atoms with E-state index in [1.165, 1.54) is 55.3 Å². The normalized spacial score (nSPS) is 13.0. The van der Waals surface area contributed by atoms with Gasteiger partial charge in [-0.3, -0.25) is 0 Å². The predicted octanol–water partition coefficient (Wildman–Crippen LogP) is 8.19. The number of benzene rings is 4. The highest BCUT2D eigenvalue weighted by atomic mass is 16.5. The van der Waals surface area contributed by atoms with E-state index in [4.69, 9.17) is 4.74 Å². The van der Waals surface area contributed by atoms with Crippen LogP contribution in [-0.4, -0.2) is 0 Å².